The van der Waals surface area contributed by atoms with E-state index < -0.39 is 0 Å². The second-order valence-corrected chi connectivity index (χ2v) is 17.6. The fourth-order valence-corrected chi connectivity index (χ4v) is 10.9. The summed E-state index contributed by atoms with van der Waals surface area (Å²) in [5.74, 6) is 1.93. The summed E-state index contributed by atoms with van der Waals surface area (Å²) >= 11 is 0. The molecule has 14 rings (SSSR count). The van der Waals surface area contributed by atoms with Crippen molar-refractivity contribution in [3.63, 3.8) is 0 Å². The molecule has 0 radical (unpaired) electrons. The van der Waals surface area contributed by atoms with Gasteiger partial charge in [-0.3, -0.25) is 4.57 Å². The fourth-order valence-electron chi connectivity index (χ4n) is 10.9. The molecular weight excluding hydrogens is 1040 g/mol. The van der Waals surface area contributed by atoms with Gasteiger partial charge in [0.1, 0.15) is 5.82 Å². The van der Waals surface area contributed by atoms with Crippen LogP contribution in [0.1, 0.15) is 0 Å². The molecule has 0 fully saturated rings. The summed E-state index contributed by atoms with van der Waals surface area (Å²) < 4.78 is 18.1. The predicted molar refractivity (Wildman–Crippen MR) is 279 cm³/mol. The zero-order valence-electron chi connectivity index (χ0n) is 38.0. The number of ether oxygens (including phenoxy) is 1. The normalized spacial score (nSPS) is 11.7. The van der Waals surface area contributed by atoms with Gasteiger partial charge in [0.2, 0.25) is 0 Å². The number of hydrogen-bond donors (Lipinski definition) is 0. The molecule has 9 aromatic carbocycles. The van der Waals surface area contributed by atoms with E-state index in [0.29, 0.717) is 11.5 Å². The Labute approximate surface area is 417 Å². The van der Waals surface area contributed by atoms with E-state index in [2.05, 4.69) is 225 Å². The molecule has 70 heavy (non-hydrogen) atoms. The van der Waals surface area contributed by atoms with Crippen LogP contribution in [-0.2, 0) is 35.2 Å². The summed E-state index contributed by atoms with van der Waals surface area (Å²) in [7, 11) is 4.37. The van der Waals surface area contributed by atoms with Gasteiger partial charge in [-0.15, -0.1) is 29.7 Å². The Kier molecular flexibility index (Phi) is 9.72. The Morgan fingerprint density at radius 3 is 1.76 bits per heavy atom. The van der Waals surface area contributed by atoms with Crippen LogP contribution in [0.2, 0.25) is 0 Å². The number of rotatable bonds is 7. The molecule has 7 nitrogen and oxygen atoms in total. The van der Waals surface area contributed by atoms with Gasteiger partial charge in [-0.2, -0.15) is 18.2 Å². The van der Waals surface area contributed by atoms with E-state index in [1.54, 1.807) is 0 Å². The van der Waals surface area contributed by atoms with E-state index in [-0.39, 0.29) is 21.1 Å². The zero-order chi connectivity index (χ0) is 45.7. The maximum absolute atomic E-state index is 6.83. The number of hydrogen-bond acceptors (Lipinski definition) is 2. The molecule has 336 valence electrons. The molecule has 0 unspecified atom stereocenters. The summed E-state index contributed by atoms with van der Waals surface area (Å²) in [6.45, 7) is 0. The molecule has 0 atom stereocenters. The third-order valence-electron chi connectivity index (χ3n) is 13.9. The topological polar surface area (TPSA) is 45.7 Å². The Hall–Kier alpha value is -8.51. The number of fused-ring (bicyclic) bond motifs is 13. The predicted octanol–water partition coefficient (Wildman–Crippen LogP) is 14.2. The van der Waals surface area contributed by atoms with E-state index in [1.165, 1.54) is 38.1 Å². The van der Waals surface area contributed by atoms with Crippen molar-refractivity contribution in [3.05, 3.63) is 225 Å². The SMILES string of the molecule is Cn1c2ccccc2c2c3c4ccc(Oc5[c-]c(-[n+]6[c-]n(-c7c(-c8ccccc8)cccc7-c7ccccc7)c7ccccc76)ccc5)[c-]c4n(-c4ccccn4)c3c3c(c4ccccc4n3C)c21.[Pt]. The molecule has 0 aliphatic rings. The van der Waals surface area contributed by atoms with Crippen LogP contribution in [0.5, 0.6) is 11.5 Å². The van der Waals surface area contributed by atoms with Gasteiger partial charge in [0, 0.05) is 85.4 Å². The summed E-state index contributed by atoms with van der Waals surface area (Å²) in [4.78, 5) is 4.99. The van der Waals surface area contributed by atoms with Crippen molar-refractivity contribution in [2.24, 2.45) is 14.1 Å². The molecule has 14 aromatic rings. The molecule has 0 saturated heterocycles. The first kappa shape index (κ1) is 41.7. The molecule has 0 aliphatic carbocycles. The average Bonchev–Trinajstić information content (AvgIpc) is 4.13. The maximum atomic E-state index is 6.83. The van der Waals surface area contributed by atoms with Crippen molar-refractivity contribution in [1.29, 1.82) is 0 Å². The molecule has 0 bridgehead atoms. The molecule has 0 saturated carbocycles. The number of benzene rings is 9. The smallest absolute Gasteiger partial charge is 0.268 e. The summed E-state index contributed by atoms with van der Waals surface area (Å²) in [5, 5.41) is 7.07. The van der Waals surface area contributed by atoms with Crippen LogP contribution in [0.25, 0.3) is 116 Å². The van der Waals surface area contributed by atoms with Crippen molar-refractivity contribution in [2.45, 2.75) is 0 Å². The van der Waals surface area contributed by atoms with Gasteiger partial charge in [-0.05, 0) is 57.6 Å². The molecule has 0 aliphatic heterocycles. The van der Waals surface area contributed by atoms with Crippen LogP contribution in [0.4, 0.5) is 0 Å². The van der Waals surface area contributed by atoms with Crippen molar-refractivity contribution in [1.82, 2.24) is 23.3 Å². The quantitative estimate of drug-likeness (QED) is 0.118. The van der Waals surface area contributed by atoms with Crippen LogP contribution in [0.15, 0.2) is 206 Å². The van der Waals surface area contributed by atoms with Crippen LogP contribution < -0.4 is 9.30 Å². The van der Waals surface area contributed by atoms with Crippen LogP contribution in [-0.4, -0.2) is 23.3 Å². The van der Waals surface area contributed by atoms with E-state index in [9.17, 15) is 0 Å². The minimum atomic E-state index is 0. The van der Waals surface area contributed by atoms with Crippen LogP contribution >= 0.6 is 0 Å². The van der Waals surface area contributed by atoms with Gasteiger partial charge in [-0.1, -0.05) is 151 Å². The van der Waals surface area contributed by atoms with Gasteiger partial charge >= 0.3 is 0 Å². The minimum Gasteiger partial charge on any atom is -0.510 e. The molecule has 0 amide bonds. The minimum absolute atomic E-state index is 0. The van der Waals surface area contributed by atoms with E-state index in [1.807, 2.05) is 36.5 Å². The largest absolute Gasteiger partial charge is 0.510 e. The van der Waals surface area contributed by atoms with Gasteiger partial charge in [0.05, 0.1) is 33.3 Å². The molecule has 8 heteroatoms. The Morgan fingerprint density at radius 2 is 1.06 bits per heavy atom. The second-order valence-electron chi connectivity index (χ2n) is 17.6. The van der Waals surface area contributed by atoms with Crippen LogP contribution in [0.3, 0.4) is 0 Å². The van der Waals surface area contributed by atoms with Crippen molar-refractivity contribution in [2.75, 3.05) is 0 Å². The number of aromatic nitrogens is 6. The first-order chi connectivity index (χ1) is 34.1. The second kappa shape index (κ2) is 16.3. The van der Waals surface area contributed by atoms with Crippen LogP contribution in [0, 0.1) is 18.5 Å². The third-order valence-corrected chi connectivity index (χ3v) is 13.9. The number of nitrogens with zero attached hydrogens (tertiary/aromatic N) is 6. The number of imidazole rings is 1. The summed E-state index contributed by atoms with van der Waals surface area (Å²) in [6, 6.07) is 77.3. The van der Waals surface area contributed by atoms with Crippen molar-refractivity contribution in [3.8, 4) is 50.9 Å². The molecule has 5 heterocycles. The van der Waals surface area contributed by atoms with Gasteiger partial charge in [-0.25, -0.2) is 4.98 Å². The number of para-hydroxylation sites is 5. The van der Waals surface area contributed by atoms with E-state index >= 15 is 0 Å². The average molecular weight is 1080 g/mol. The third kappa shape index (κ3) is 6.18. The first-order valence-electron chi connectivity index (χ1n) is 23.2. The Morgan fingerprint density at radius 1 is 0.471 bits per heavy atom. The molecular formula is C62H40N6OPt-2. The maximum Gasteiger partial charge on any atom is 0.268 e. The first-order valence-corrected chi connectivity index (χ1v) is 23.2. The molecule has 0 N–H and O–H groups in total. The zero-order valence-corrected chi connectivity index (χ0v) is 40.3. The summed E-state index contributed by atoms with van der Waals surface area (Å²) in [5.41, 5.74) is 15.0. The van der Waals surface area contributed by atoms with E-state index in [0.717, 1.165) is 77.8 Å². The van der Waals surface area contributed by atoms with E-state index in [4.69, 9.17) is 9.72 Å². The van der Waals surface area contributed by atoms with Crippen molar-refractivity contribution < 1.29 is 30.4 Å². The molecule has 5 aromatic heterocycles. The summed E-state index contributed by atoms with van der Waals surface area (Å²) in [6.07, 6.45) is 5.64. The fraction of sp³-hybridized carbons (Fsp3) is 0.0323. The molecule has 0 spiro atoms. The Bertz CT molecular complexity index is 4300. The van der Waals surface area contributed by atoms with Gasteiger partial charge in [0.15, 0.2) is 0 Å². The Balaban J connectivity index is 0.00000480. The number of pyridine rings is 1. The standard InChI is InChI=1S/C62H40N6O.Pt/c1-64-50-29-11-9-25-47(50)56-57-49-35-34-44(38-54(49)68(55-33-15-16-36-63-55)62(57)61-58(60(56)64)48-26-10-12-30-51(48)65(61)2)69-43-24-17-23-42(37-43)66-39-67(53-32-14-13-31-52(53)66)59-45(40-19-5-3-6-20-40)27-18-28-46(59)41-21-7-4-8-22-41;/h3-36H,1-2H3;/q-2;. The number of aryl methyl sites for hydroxylation is 2. The van der Waals surface area contributed by atoms with Crippen molar-refractivity contribution >= 4 is 76.5 Å². The van der Waals surface area contributed by atoms with Gasteiger partial charge in [0.25, 0.3) is 6.33 Å². The van der Waals surface area contributed by atoms with Gasteiger partial charge < -0.3 is 23.0 Å². The monoisotopic (exact) mass is 1080 g/mol.